The maximum absolute atomic E-state index is 8.58. The van der Waals surface area contributed by atoms with Crippen LogP contribution in [0.5, 0.6) is 0 Å². The molecule has 1 N–H and O–H groups in total. The number of anilines is 1. The van der Waals surface area contributed by atoms with Gasteiger partial charge in [0, 0.05) is 5.56 Å². The molecule has 0 radical (unpaired) electrons. The van der Waals surface area contributed by atoms with E-state index in [-0.39, 0.29) is 5.71 Å². The van der Waals surface area contributed by atoms with Crippen molar-refractivity contribution >= 4 is 11.4 Å². The molecule has 0 bridgehead atoms. The first-order valence-electron chi connectivity index (χ1n) is 6.38. The number of nitrogens with zero attached hydrogens (tertiary/aromatic N) is 4. The first kappa shape index (κ1) is 14.3. The third-order valence-corrected chi connectivity index (χ3v) is 2.87. The molecule has 1 heterocycles. The summed E-state index contributed by atoms with van der Waals surface area (Å²) in [5.74, 6) is 1.40. The molecule has 1 aromatic carbocycles. The second-order valence-electron chi connectivity index (χ2n) is 4.25. The molecule has 6 nitrogen and oxygen atoms in total. The van der Waals surface area contributed by atoms with Gasteiger partial charge < -0.3 is 4.42 Å². The molecule has 104 valence electrons. The summed E-state index contributed by atoms with van der Waals surface area (Å²) in [5, 5.41) is 20.8. The van der Waals surface area contributed by atoms with E-state index in [1.165, 1.54) is 0 Å². The van der Waals surface area contributed by atoms with E-state index in [0.29, 0.717) is 11.6 Å². The van der Waals surface area contributed by atoms with Gasteiger partial charge >= 0.3 is 0 Å². The predicted octanol–water partition coefficient (Wildman–Crippen LogP) is 3.03. The van der Waals surface area contributed by atoms with E-state index < -0.39 is 0 Å². The van der Waals surface area contributed by atoms with Gasteiger partial charge in [0.1, 0.15) is 17.9 Å². The van der Waals surface area contributed by atoms with Crippen molar-refractivity contribution < 1.29 is 4.42 Å². The van der Waals surface area contributed by atoms with Gasteiger partial charge in [0.05, 0.1) is 11.4 Å². The highest BCUT2D eigenvalue weighted by Crippen LogP contribution is 2.23. The summed E-state index contributed by atoms with van der Waals surface area (Å²) in [4.78, 5) is 4.43. The van der Waals surface area contributed by atoms with Crippen molar-refractivity contribution in [2.75, 3.05) is 5.43 Å². The molecule has 2 aromatic rings. The van der Waals surface area contributed by atoms with E-state index in [9.17, 15) is 0 Å². The Labute approximate surface area is 122 Å². The Morgan fingerprint density at radius 2 is 1.95 bits per heavy atom. The Bertz CT molecular complexity index is 728. The molecule has 0 saturated heterocycles. The van der Waals surface area contributed by atoms with Crippen LogP contribution >= 0.6 is 0 Å². The first-order chi connectivity index (χ1) is 10.2. The maximum atomic E-state index is 8.58. The van der Waals surface area contributed by atoms with Gasteiger partial charge in [-0.05, 0) is 37.6 Å². The summed E-state index contributed by atoms with van der Waals surface area (Å²) < 4.78 is 5.62. The van der Waals surface area contributed by atoms with Gasteiger partial charge in [-0.3, -0.25) is 5.43 Å². The Balaban J connectivity index is 2.17. The summed E-state index contributed by atoms with van der Waals surface area (Å²) in [6, 6.07) is 10.6. The second-order valence-corrected chi connectivity index (χ2v) is 4.25. The zero-order valence-electron chi connectivity index (χ0n) is 11.7. The van der Waals surface area contributed by atoms with Gasteiger partial charge in [0.15, 0.2) is 0 Å². The summed E-state index contributed by atoms with van der Waals surface area (Å²) in [6.45, 7) is 3.92. The lowest BCUT2D eigenvalue weighted by Crippen LogP contribution is -1.96. The van der Waals surface area contributed by atoms with Crippen LogP contribution in [0, 0.1) is 29.6 Å². The lowest BCUT2D eigenvalue weighted by Gasteiger charge is -2.00. The molecule has 6 heteroatoms. The average molecular weight is 279 g/mol. The van der Waals surface area contributed by atoms with E-state index in [1.807, 2.05) is 26.0 Å². The molecule has 0 saturated carbocycles. The zero-order chi connectivity index (χ0) is 15.2. The Hall–Kier alpha value is -3.12. The minimum absolute atomic E-state index is 0.227. The fraction of sp³-hybridized carbons (Fsp3) is 0.200. The molecule has 0 aliphatic heterocycles. The number of nitriles is 2. The van der Waals surface area contributed by atoms with Crippen LogP contribution in [0.1, 0.15) is 18.4 Å². The van der Waals surface area contributed by atoms with Gasteiger partial charge in [-0.1, -0.05) is 6.92 Å². The summed E-state index contributed by atoms with van der Waals surface area (Å²) in [6.07, 6.45) is 0.828. The molecule has 0 amide bonds. The Morgan fingerprint density at radius 3 is 2.48 bits per heavy atom. The van der Waals surface area contributed by atoms with Crippen LogP contribution in [-0.2, 0) is 6.42 Å². The van der Waals surface area contributed by atoms with E-state index >= 15 is 0 Å². The van der Waals surface area contributed by atoms with Crippen molar-refractivity contribution in [1.29, 1.82) is 10.5 Å². The number of aryl methyl sites for hydroxylation is 2. The Kier molecular flexibility index (Phi) is 4.33. The van der Waals surface area contributed by atoms with Crippen LogP contribution in [-0.4, -0.2) is 10.7 Å². The highest BCUT2D eigenvalue weighted by molar-refractivity contribution is 6.10. The normalized spacial score (nSPS) is 9.52. The molecule has 1 aromatic heterocycles. The molecule has 0 aliphatic carbocycles. The van der Waals surface area contributed by atoms with Gasteiger partial charge in [-0.15, -0.1) is 0 Å². The third-order valence-electron chi connectivity index (χ3n) is 2.87. The molecule has 21 heavy (non-hydrogen) atoms. The molecular formula is C15H13N5O. The predicted molar refractivity (Wildman–Crippen MR) is 78.3 cm³/mol. The van der Waals surface area contributed by atoms with E-state index in [2.05, 4.69) is 15.5 Å². The molecule has 2 rings (SSSR count). The third kappa shape index (κ3) is 3.26. The molecule has 0 fully saturated rings. The number of aromatic nitrogens is 1. The maximum Gasteiger partial charge on any atom is 0.237 e. The molecule has 0 aliphatic rings. The fourth-order valence-corrected chi connectivity index (χ4v) is 1.76. The first-order valence-corrected chi connectivity index (χ1v) is 6.38. The zero-order valence-corrected chi connectivity index (χ0v) is 11.7. The van der Waals surface area contributed by atoms with Crippen molar-refractivity contribution in [3.05, 3.63) is 35.7 Å². The monoisotopic (exact) mass is 279 g/mol. The minimum atomic E-state index is -0.227. The molecule has 0 atom stereocenters. The number of hydrogen-bond acceptors (Lipinski definition) is 6. The standard InChI is InChI=1S/C15H13N5O/c1-3-14-10(2)21-15(18-14)11-4-6-12(7-5-11)19-20-13(8-16)9-17/h4-7,19H,3H2,1-2H3. The lowest BCUT2D eigenvalue weighted by atomic mass is 10.2. The van der Waals surface area contributed by atoms with Crippen LogP contribution in [0.4, 0.5) is 5.69 Å². The van der Waals surface area contributed by atoms with Crippen molar-refractivity contribution in [2.45, 2.75) is 20.3 Å². The number of benzene rings is 1. The second kappa shape index (κ2) is 6.36. The number of hydrogen-bond donors (Lipinski definition) is 1. The van der Waals surface area contributed by atoms with Gasteiger partial charge in [0.2, 0.25) is 11.6 Å². The average Bonchev–Trinajstić information content (AvgIpc) is 2.90. The van der Waals surface area contributed by atoms with E-state index in [1.54, 1.807) is 24.3 Å². The van der Waals surface area contributed by atoms with Crippen molar-refractivity contribution in [3.8, 4) is 23.6 Å². The van der Waals surface area contributed by atoms with Crippen LogP contribution in [0.25, 0.3) is 11.5 Å². The summed E-state index contributed by atoms with van der Waals surface area (Å²) in [5.41, 5.74) is 4.89. The van der Waals surface area contributed by atoms with Crippen molar-refractivity contribution in [3.63, 3.8) is 0 Å². The highest BCUT2D eigenvalue weighted by Gasteiger charge is 2.09. The summed E-state index contributed by atoms with van der Waals surface area (Å²) >= 11 is 0. The van der Waals surface area contributed by atoms with Crippen molar-refractivity contribution in [1.82, 2.24) is 4.98 Å². The highest BCUT2D eigenvalue weighted by atomic mass is 16.4. The van der Waals surface area contributed by atoms with Gasteiger partial charge in [-0.2, -0.15) is 15.6 Å². The quantitative estimate of drug-likeness (QED) is 0.685. The Morgan fingerprint density at radius 1 is 1.29 bits per heavy atom. The van der Waals surface area contributed by atoms with E-state index in [0.717, 1.165) is 23.4 Å². The van der Waals surface area contributed by atoms with Crippen LogP contribution in [0.3, 0.4) is 0 Å². The van der Waals surface area contributed by atoms with Gasteiger partial charge in [0.25, 0.3) is 0 Å². The summed E-state index contributed by atoms with van der Waals surface area (Å²) in [7, 11) is 0. The molecule has 0 unspecified atom stereocenters. The minimum Gasteiger partial charge on any atom is -0.441 e. The number of rotatable bonds is 4. The van der Waals surface area contributed by atoms with Crippen LogP contribution < -0.4 is 5.43 Å². The van der Waals surface area contributed by atoms with Crippen molar-refractivity contribution in [2.24, 2.45) is 5.10 Å². The number of hydrazone groups is 1. The number of nitrogens with one attached hydrogen (secondary N) is 1. The fourth-order valence-electron chi connectivity index (χ4n) is 1.76. The SMILES string of the molecule is CCc1nc(-c2ccc(NN=C(C#N)C#N)cc2)oc1C. The van der Waals surface area contributed by atoms with Crippen LogP contribution in [0.2, 0.25) is 0 Å². The lowest BCUT2D eigenvalue weighted by molar-refractivity contribution is 0.539. The topological polar surface area (TPSA) is 98.0 Å². The van der Waals surface area contributed by atoms with E-state index in [4.69, 9.17) is 14.9 Å². The largest absolute Gasteiger partial charge is 0.441 e. The van der Waals surface area contributed by atoms with Crippen LogP contribution in [0.15, 0.2) is 33.8 Å². The smallest absolute Gasteiger partial charge is 0.237 e. The van der Waals surface area contributed by atoms with Gasteiger partial charge in [-0.25, -0.2) is 4.98 Å². The number of oxazole rings is 1. The molecule has 0 spiro atoms. The molecular weight excluding hydrogens is 266 g/mol.